The highest BCUT2D eigenvalue weighted by atomic mass is 35.5. The van der Waals surface area contributed by atoms with Crippen LogP contribution in [0.5, 0.6) is 5.75 Å². The van der Waals surface area contributed by atoms with Gasteiger partial charge in [-0.15, -0.1) is 0 Å². The predicted molar refractivity (Wildman–Crippen MR) is 90.8 cm³/mol. The molecule has 0 saturated carbocycles. The van der Waals surface area contributed by atoms with Gasteiger partial charge >= 0.3 is 5.97 Å². The molecule has 0 aromatic heterocycles. The van der Waals surface area contributed by atoms with Crippen LogP contribution in [-0.2, 0) is 17.9 Å². The van der Waals surface area contributed by atoms with Crippen molar-refractivity contribution in [1.29, 1.82) is 0 Å². The lowest BCUT2D eigenvalue weighted by Crippen LogP contribution is -2.26. The second-order valence-electron chi connectivity index (χ2n) is 5.41. The van der Waals surface area contributed by atoms with Crippen molar-refractivity contribution < 1.29 is 19.0 Å². The van der Waals surface area contributed by atoms with Gasteiger partial charge < -0.3 is 9.84 Å². The van der Waals surface area contributed by atoms with Crippen LogP contribution in [0.15, 0.2) is 42.5 Å². The van der Waals surface area contributed by atoms with Crippen LogP contribution in [-0.4, -0.2) is 29.6 Å². The summed E-state index contributed by atoms with van der Waals surface area (Å²) in [5, 5.41) is 9.27. The van der Waals surface area contributed by atoms with E-state index in [0.29, 0.717) is 17.1 Å². The fourth-order valence-electron chi connectivity index (χ4n) is 2.40. The Balaban J connectivity index is 2.19. The first-order valence-corrected chi connectivity index (χ1v) is 7.87. The van der Waals surface area contributed by atoms with Gasteiger partial charge in [0, 0.05) is 30.2 Å². The summed E-state index contributed by atoms with van der Waals surface area (Å²) in [6.45, 7) is 0.988. The van der Waals surface area contributed by atoms with E-state index in [1.54, 1.807) is 19.2 Å². The fraction of sp³-hybridized carbons (Fsp3) is 0.278. The van der Waals surface area contributed by atoms with Crippen molar-refractivity contribution >= 4 is 17.6 Å². The molecule has 0 bridgehead atoms. The molecular weight excluding hydrogens is 333 g/mol. The number of methoxy groups -OCH3 is 1. The number of aliphatic carboxylic acids is 1. The molecule has 0 fully saturated rings. The van der Waals surface area contributed by atoms with Crippen molar-refractivity contribution in [2.45, 2.75) is 19.5 Å². The van der Waals surface area contributed by atoms with E-state index in [1.807, 2.05) is 29.2 Å². The third kappa shape index (κ3) is 5.22. The Morgan fingerprint density at radius 3 is 2.67 bits per heavy atom. The van der Waals surface area contributed by atoms with Gasteiger partial charge in [-0.3, -0.25) is 9.69 Å². The van der Waals surface area contributed by atoms with E-state index in [-0.39, 0.29) is 19.5 Å². The van der Waals surface area contributed by atoms with Gasteiger partial charge in [-0.25, -0.2) is 4.39 Å². The molecule has 0 saturated heterocycles. The molecule has 24 heavy (non-hydrogen) atoms. The van der Waals surface area contributed by atoms with Gasteiger partial charge in [-0.05, 0) is 29.8 Å². The highest BCUT2D eigenvalue weighted by Crippen LogP contribution is 2.22. The molecule has 0 aliphatic carbocycles. The zero-order valence-electron chi connectivity index (χ0n) is 13.3. The number of rotatable bonds is 8. The molecule has 1 N–H and O–H groups in total. The van der Waals surface area contributed by atoms with Crippen LogP contribution >= 0.6 is 11.6 Å². The van der Waals surface area contributed by atoms with Gasteiger partial charge in [0.15, 0.2) is 0 Å². The summed E-state index contributed by atoms with van der Waals surface area (Å²) in [5.41, 5.74) is 1.32. The van der Waals surface area contributed by atoms with Gasteiger partial charge in [-0.2, -0.15) is 0 Å². The average molecular weight is 352 g/mol. The van der Waals surface area contributed by atoms with E-state index >= 15 is 0 Å². The maximum atomic E-state index is 14.0. The summed E-state index contributed by atoms with van der Waals surface area (Å²) >= 11 is 6.08. The fourth-order valence-corrected chi connectivity index (χ4v) is 2.63. The van der Waals surface area contributed by atoms with E-state index < -0.39 is 11.8 Å². The topological polar surface area (TPSA) is 49.8 Å². The Bertz CT molecular complexity index is 688. The van der Waals surface area contributed by atoms with Crippen molar-refractivity contribution in [2.75, 3.05) is 13.7 Å². The van der Waals surface area contributed by atoms with E-state index in [9.17, 15) is 9.18 Å². The van der Waals surface area contributed by atoms with Gasteiger partial charge in [0.25, 0.3) is 0 Å². The Hall–Kier alpha value is -2.11. The number of carboxylic acids is 1. The molecule has 2 rings (SSSR count). The quantitative estimate of drug-likeness (QED) is 0.782. The van der Waals surface area contributed by atoms with Crippen LogP contribution in [0.1, 0.15) is 17.5 Å². The highest BCUT2D eigenvalue weighted by molar-refractivity contribution is 6.31. The number of benzene rings is 2. The van der Waals surface area contributed by atoms with Crippen LogP contribution in [0.25, 0.3) is 0 Å². The first-order valence-electron chi connectivity index (χ1n) is 7.49. The smallest absolute Gasteiger partial charge is 0.304 e. The Morgan fingerprint density at radius 1 is 1.25 bits per heavy atom. The monoisotopic (exact) mass is 351 g/mol. The zero-order valence-corrected chi connectivity index (χ0v) is 14.1. The van der Waals surface area contributed by atoms with E-state index in [4.69, 9.17) is 21.4 Å². The second kappa shape index (κ2) is 8.66. The molecule has 4 nitrogen and oxygen atoms in total. The Morgan fingerprint density at radius 2 is 2.00 bits per heavy atom. The van der Waals surface area contributed by atoms with Crippen molar-refractivity contribution in [3.05, 3.63) is 64.4 Å². The molecule has 6 heteroatoms. The van der Waals surface area contributed by atoms with E-state index in [1.165, 1.54) is 6.07 Å². The van der Waals surface area contributed by atoms with Crippen molar-refractivity contribution in [3.63, 3.8) is 0 Å². The third-order valence-corrected chi connectivity index (χ3v) is 3.98. The number of hydrogen-bond acceptors (Lipinski definition) is 3. The minimum Gasteiger partial charge on any atom is -0.497 e. The molecule has 2 aromatic rings. The average Bonchev–Trinajstić information content (AvgIpc) is 2.56. The van der Waals surface area contributed by atoms with E-state index in [0.717, 1.165) is 11.3 Å². The number of nitrogens with zero attached hydrogens (tertiary/aromatic N) is 1. The van der Waals surface area contributed by atoms with Crippen LogP contribution < -0.4 is 4.74 Å². The molecule has 0 unspecified atom stereocenters. The van der Waals surface area contributed by atoms with Gasteiger partial charge in [0.1, 0.15) is 11.6 Å². The summed E-state index contributed by atoms with van der Waals surface area (Å²) in [6.07, 6.45) is -0.0317. The zero-order chi connectivity index (χ0) is 17.5. The summed E-state index contributed by atoms with van der Waals surface area (Å²) in [7, 11) is 1.58. The van der Waals surface area contributed by atoms with Crippen molar-refractivity contribution in [2.24, 2.45) is 0 Å². The Labute approximate surface area is 145 Å². The normalized spacial score (nSPS) is 10.8. The maximum Gasteiger partial charge on any atom is 0.304 e. The summed E-state index contributed by atoms with van der Waals surface area (Å²) in [4.78, 5) is 12.8. The van der Waals surface area contributed by atoms with Crippen molar-refractivity contribution in [3.8, 4) is 5.75 Å². The standard InChI is InChI=1S/C18H19ClFNO3/c1-24-14-5-2-4-13(10-14)11-21(9-8-18(22)23)12-15-16(19)6-3-7-17(15)20/h2-7,10H,8-9,11-12H2,1H3,(H,22,23). The summed E-state index contributed by atoms with van der Waals surface area (Å²) in [5.74, 6) is -0.576. The van der Waals surface area contributed by atoms with Crippen LogP contribution in [0.4, 0.5) is 4.39 Å². The third-order valence-electron chi connectivity index (χ3n) is 3.63. The lowest BCUT2D eigenvalue weighted by atomic mass is 10.1. The van der Waals surface area contributed by atoms with Crippen LogP contribution in [0, 0.1) is 5.82 Å². The largest absolute Gasteiger partial charge is 0.497 e. The maximum absolute atomic E-state index is 14.0. The molecule has 0 radical (unpaired) electrons. The molecule has 0 heterocycles. The molecule has 0 aliphatic heterocycles. The molecular formula is C18H19ClFNO3. The molecule has 128 valence electrons. The lowest BCUT2D eigenvalue weighted by molar-refractivity contribution is -0.137. The summed E-state index contributed by atoms with van der Waals surface area (Å²) in [6, 6.07) is 12.0. The summed E-state index contributed by atoms with van der Waals surface area (Å²) < 4.78 is 19.2. The minimum atomic E-state index is -0.898. The van der Waals surface area contributed by atoms with Gasteiger partial charge in [-0.1, -0.05) is 29.8 Å². The number of halogens is 2. The molecule has 0 spiro atoms. The number of carboxylic acid groups (broad SMARTS) is 1. The second-order valence-corrected chi connectivity index (χ2v) is 5.81. The molecule has 0 atom stereocenters. The van der Waals surface area contributed by atoms with Gasteiger partial charge in [0.2, 0.25) is 0 Å². The molecule has 2 aromatic carbocycles. The van der Waals surface area contributed by atoms with Crippen molar-refractivity contribution in [1.82, 2.24) is 4.90 Å². The molecule has 0 aliphatic rings. The minimum absolute atomic E-state index is 0.0317. The highest BCUT2D eigenvalue weighted by Gasteiger charge is 2.14. The predicted octanol–water partition coefficient (Wildman–Crippen LogP) is 3.96. The first-order chi connectivity index (χ1) is 11.5. The lowest BCUT2D eigenvalue weighted by Gasteiger charge is -2.23. The number of hydrogen-bond donors (Lipinski definition) is 1. The Kier molecular flexibility index (Phi) is 6.58. The number of ether oxygens (including phenoxy) is 1. The molecule has 0 amide bonds. The van der Waals surface area contributed by atoms with E-state index in [2.05, 4.69) is 0 Å². The number of carbonyl (C=O) groups is 1. The van der Waals surface area contributed by atoms with Gasteiger partial charge in [0.05, 0.1) is 13.5 Å². The van der Waals surface area contributed by atoms with Crippen LogP contribution in [0.3, 0.4) is 0 Å². The van der Waals surface area contributed by atoms with Crippen LogP contribution in [0.2, 0.25) is 5.02 Å². The SMILES string of the molecule is COc1cccc(CN(CCC(=O)O)Cc2c(F)cccc2Cl)c1. The first kappa shape index (κ1) is 18.2.